The maximum absolute atomic E-state index is 5.82. The third kappa shape index (κ3) is 1.24. The highest BCUT2D eigenvalue weighted by Crippen LogP contribution is 2.34. The summed E-state index contributed by atoms with van der Waals surface area (Å²) in [5.74, 6) is 0.411. The monoisotopic (exact) mass is 212 g/mol. The highest BCUT2D eigenvalue weighted by Gasteiger charge is 2.08. The predicted octanol–water partition coefficient (Wildman–Crippen LogP) is 2.80. The smallest absolute Gasteiger partial charge is 0.0607 e. The van der Waals surface area contributed by atoms with Crippen LogP contribution in [0.15, 0.2) is 17.5 Å². The molecule has 0 spiro atoms. The number of anilines is 2. The molecule has 0 amide bonds. The maximum Gasteiger partial charge on any atom is 0.0607 e. The van der Waals surface area contributed by atoms with Crippen molar-refractivity contribution in [3.8, 4) is 0 Å². The Hall–Kier alpha value is -0.930. The first kappa shape index (κ1) is 8.66. The molecular formula is C9H9ClN2S. The molecule has 0 aliphatic heterocycles. The Morgan fingerprint density at radius 2 is 2.15 bits per heavy atom. The topological polar surface area (TPSA) is 52.0 Å². The second-order valence-electron chi connectivity index (χ2n) is 2.83. The number of thiophene rings is 1. The van der Waals surface area contributed by atoms with E-state index in [1.165, 1.54) is 0 Å². The van der Waals surface area contributed by atoms with Crippen molar-refractivity contribution in [1.82, 2.24) is 0 Å². The van der Waals surface area contributed by atoms with Gasteiger partial charge in [-0.1, -0.05) is 0 Å². The normalized spacial score (nSPS) is 10.8. The lowest BCUT2D eigenvalue weighted by Gasteiger charge is -2.06. The van der Waals surface area contributed by atoms with Crippen LogP contribution in [0.1, 0.15) is 5.56 Å². The average molecular weight is 213 g/mol. The van der Waals surface area contributed by atoms with Crippen LogP contribution in [0.2, 0.25) is 0 Å². The molecule has 68 valence electrons. The maximum atomic E-state index is 5.82. The lowest BCUT2D eigenvalue weighted by Crippen LogP contribution is -1.98. The third-order valence-electron chi connectivity index (χ3n) is 2.05. The summed E-state index contributed by atoms with van der Waals surface area (Å²) in [6.45, 7) is 0. The number of benzene rings is 1. The molecule has 4 N–H and O–H groups in total. The van der Waals surface area contributed by atoms with E-state index in [9.17, 15) is 0 Å². The van der Waals surface area contributed by atoms with Crippen molar-refractivity contribution in [2.24, 2.45) is 0 Å². The van der Waals surface area contributed by atoms with Gasteiger partial charge in [-0.3, -0.25) is 0 Å². The summed E-state index contributed by atoms with van der Waals surface area (Å²) in [6.07, 6.45) is 0. The van der Waals surface area contributed by atoms with Gasteiger partial charge in [-0.05, 0) is 22.9 Å². The minimum atomic E-state index is 0.411. The third-order valence-corrected chi connectivity index (χ3v) is 3.31. The first-order valence-electron chi connectivity index (χ1n) is 3.84. The minimum absolute atomic E-state index is 0.411. The molecule has 2 aromatic rings. The van der Waals surface area contributed by atoms with E-state index in [-0.39, 0.29) is 0 Å². The number of alkyl halides is 1. The van der Waals surface area contributed by atoms with Crippen molar-refractivity contribution < 1.29 is 0 Å². The largest absolute Gasteiger partial charge is 0.397 e. The molecule has 0 radical (unpaired) electrons. The highest BCUT2D eigenvalue weighted by atomic mass is 35.5. The zero-order valence-electron chi connectivity index (χ0n) is 6.88. The van der Waals surface area contributed by atoms with Gasteiger partial charge < -0.3 is 11.5 Å². The highest BCUT2D eigenvalue weighted by molar-refractivity contribution is 7.17. The molecule has 0 aliphatic carbocycles. The molecule has 1 aromatic carbocycles. The van der Waals surface area contributed by atoms with Gasteiger partial charge in [0.1, 0.15) is 0 Å². The zero-order chi connectivity index (χ0) is 9.42. The van der Waals surface area contributed by atoms with Gasteiger partial charge in [-0.2, -0.15) is 0 Å². The van der Waals surface area contributed by atoms with Crippen molar-refractivity contribution >= 4 is 44.4 Å². The summed E-state index contributed by atoms with van der Waals surface area (Å²) in [5, 5.41) is 3.13. The molecular weight excluding hydrogens is 204 g/mol. The van der Waals surface area contributed by atoms with Crippen LogP contribution in [0.4, 0.5) is 11.4 Å². The van der Waals surface area contributed by atoms with Gasteiger partial charge in [0, 0.05) is 10.3 Å². The van der Waals surface area contributed by atoms with E-state index in [0.29, 0.717) is 17.3 Å². The molecule has 0 fully saturated rings. The van der Waals surface area contributed by atoms with Gasteiger partial charge >= 0.3 is 0 Å². The number of rotatable bonds is 1. The van der Waals surface area contributed by atoms with Crippen LogP contribution in [0.5, 0.6) is 0 Å². The Morgan fingerprint density at radius 3 is 2.85 bits per heavy atom. The van der Waals surface area contributed by atoms with Crippen LogP contribution in [0.25, 0.3) is 10.1 Å². The van der Waals surface area contributed by atoms with Crippen molar-refractivity contribution in [3.63, 3.8) is 0 Å². The van der Waals surface area contributed by atoms with E-state index < -0.39 is 0 Å². The van der Waals surface area contributed by atoms with E-state index in [1.54, 1.807) is 11.3 Å². The molecule has 2 nitrogen and oxygen atoms in total. The Kier molecular flexibility index (Phi) is 2.06. The molecule has 0 aliphatic rings. The van der Waals surface area contributed by atoms with Crippen LogP contribution in [-0.2, 0) is 5.88 Å². The Balaban J connectivity index is 2.87. The standard InChI is InChI=1S/C9H9ClN2S/c10-4-6-8(12)7(11)3-5-1-2-13-9(5)6/h1-3H,4,11-12H2. The van der Waals surface area contributed by atoms with Crippen LogP contribution in [0, 0.1) is 0 Å². The molecule has 13 heavy (non-hydrogen) atoms. The Bertz CT molecular complexity index is 450. The number of hydrogen-bond donors (Lipinski definition) is 2. The quantitative estimate of drug-likeness (QED) is 0.564. The number of fused-ring (bicyclic) bond motifs is 1. The summed E-state index contributed by atoms with van der Waals surface area (Å²) in [7, 11) is 0. The van der Waals surface area contributed by atoms with Gasteiger partial charge in [0.25, 0.3) is 0 Å². The first-order valence-corrected chi connectivity index (χ1v) is 5.25. The van der Waals surface area contributed by atoms with Gasteiger partial charge in [0.2, 0.25) is 0 Å². The summed E-state index contributed by atoms with van der Waals surface area (Å²) in [5.41, 5.74) is 13.7. The van der Waals surface area contributed by atoms with Crippen molar-refractivity contribution in [2.45, 2.75) is 5.88 Å². The lowest BCUT2D eigenvalue weighted by molar-refractivity contribution is 1.47. The molecule has 1 aromatic heterocycles. The van der Waals surface area contributed by atoms with Crippen molar-refractivity contribution in [3.05, 3.63) is 23.1 Å². The van der Waals surface area contributed by atoms with Crippen LogP contribution in [0.3, 0.4) is 0 Å². The second-order valence-corrected chi connectivity index (χ2v) is 4.01. The fourth-order valence-electron chi connectivity index (χ4n) is 1.35. The van der Waals surface area contributed by atoms with E-state index in [4.69, 9.17) is 23.1 Å². The average Bonchev–Trinajstić information content (AvgIpc) is 2.54. The Morgan fingerprint density at radius 1 is 1.38 bits per heavy atom. The molecule has 4 heteroatoms. The SMILES string of the molecule is Nc1cc2ccsc2c(CCl)c1N. The van der Waals surface area contributed by atoms with Crippen molar-refractivity contribution in [2.75, 3.05) is 11.5 Å². The predicted molar refractivity (Wildman–Crippen MR) is 60.2 cm³/mol. The fourth-order valence-corrected chi connectivity index (χ4v) is 2.65. The summed E-state index contributed by atoms with van der Waals surface area (Å²) >= 11 is 7.45. The Labute approximate surface area is 85.1 Å². The lowest BCUT2D eigenvalue weighted by atomic mass is 10.1. The number of nitrogen functional groups attached to an aromatic ring is 2. The van der Waals surface area contributed by atoms with Gasteiger partial charge in [0.15, 0.2) is 0 Å². The molecule has 1 heterocycles. The van der Waals surface area contributed by atoms with Crippen molar-refractivity contribution in [1.29, 1.82) is 0 Å². The molecule has 0 unspecified atom stereocenters. The molecule has 2 rings (SSSR count). The summed E-state index contributed by atoms with van der Waals surface area (Å²) < 4.78 is 1.14. The summed E-state index contributed by atoms with van der Waals surface area (Å²) in [4.78, 5) is 0. The van der Waals surface area contributed by atoms with Crippen LogP contribution < -0.4 is 11.5 Å². The summed E-state index contributed by atoms with van der Waals surface area (Å²) in [6, 6.07) is 3.91. The van der Waals surface area contributed by atoms with Crippen LogP contribution >= 0.6 is 22.9 Å². The zero-order valence-corrected chi connectivity index (χ0v) is 8.45. The van der Waals surface area contributed by atoms with Gasteiger partial charge in [-0.25, -0.2) is 0 Å². The molecule has 0 bridgehead atoms. The number of halogens is 1. The first-order chi connectivity index (χ1) is 6.24. The second kappa shape index (κ2) is 3.09. The molecule has 0 atom stereocenters. The van der Waals surface area contributed by atoms with E-state index >= 15 is 0 Å². The van der Waals surface area contributed by atoms with Gasteiger partial charge in [-0.15, -0.1) is 22.9 Å². The van der Waals surface area contributed by atoms with E-state index in [2.05, 4.69) is 0 Å². The number of nitrogens with two attached hydrogens (primary N) is 2. The van der Waals surface area contributed by atoms with E-state index in [1.807, 2.05) is 17.5 Å². The minimum Gasteiger partial charge on any atom is -0.397 e. The fraction of sp³-hybridized carbons (Fsp3) is 0.111. The van der Waals surface area contributed by atoms with Crippen LogP contribution in [-0.4, -0.2) is 0 Å². The van der Waals surface area contributed by atoms with E-state index in [0.717, 1.165) is 15.6 Å². The molecule has 0 saturated carbocycles. The number of hydrogen-bond acceptors (Lipinski definition) is 3. The molecule has 0 saturated heterocycles. The van der Waals surface area contributed by atoms with Gasteiger partial charge in [0.05, 0.1) is 17.3 Å².